The third-order valence-electron chi connectivity index (χ3n) is 4.36. The maximum absolute atomic E-state index is 12.4. The van der Waals surface area contributed by atoms with E-state index in [1.807, 2.05) is 37.3 Å². The summed E-state index contributed by atoms with van der Waals surface area (Å²) in [6, 6.07) is 9.72. The van der Waals surface area contributed by atoms with Gasteiger partial charge in [-0.15, -0.1) is 0 Å². The van der Waals surface area contributed by atoms with Crippen LogP contribution in [0.1, 0.15) is 38.8 Å². The minimum absolute atomic E-state index is 0.125. The highest BCUT2D eigenvalue weighted by molar-refractivity contribution is 5.77. The zero-order valence-electron chi connectivity index (χ0n) is 12.7. The summed E-state index contributed by atoms with van der Waals surface area (Å²) in [7, 11) is 0. The van der Waals surface area contributed by atoms with Gasteiger partial charge in [0.2, 0.25) is 0 Å². The van der Waals surface area contributed by atoms with E-state index in [1.165, 1.54) is 0 Å². The molecule has 0 radical (unpaired) electrons. The number of hydrogen-bond acceptors (Lipinski definition) is 3. The Kier molecular flexibility index (Phi) is 5.18. The van der Waals surface area contributed by atoms with Gasteiger partial charge in [-0.2, -0.15) is 0 Å². The normalized spacial score (nSPS) is 25.1. The molecule has 3 nitrogen and oxygen atoms in total. The van der Waals surface area contributed by atoms with Gasteiger partial charge in [0.15, 0.2) is 0 Å². The summed E-state index contributed by atoms with van der Waals surface area (Å²) < 4.78 is 5.29. The van der Waals surface area contributed by atoms with Crippen LogP contribution in [0.2, 0.25) is 0 Å². The van der Waals surface area contributed by atoms with Crippen LogP contribution in [0.15, 0.2) is 30.3 Å². The summed E-state index contributed by atoms with van der Waals surface area (Å²) in [5.74, 6) is 1.22. The number of ether oxygens (including phenoxy) is 1. The first-order valence-electron chi connectivity index (χ1n) is 7.59. The van der Waals surface area contributed by atoms with Gasteiger partial charge >= 0.3 is 5.97 Å². The van der Waals surface area contributed by atoms with Gasteiger partial charge in [-0.1, -0.05) is 44.2 Å². The zero-order valence-corrected chi connectivity index (χ0v) is 12.7. The molecule has 3 unspecified atom stereocenters. The fraction of sp³-hybridized carbons (Fsp3) is 0.588. The van der Waals surface area contributed by atoms with E-state index < -0.39 is 0 Å². The van der Waals surface area contributed by atoms with Crippen LogP contribution < -0.4 is 0 Å². The fourth-order valence-corrected chi connectivity index (χ4v) is 2.88. The summed E-state index contributed by atoms with van der Waals surface area (Å²) in [6.45, 7) is 8.78. The van der Waals surface area contributed by atoms with Crippen LogP contribution >= 0.6 is 0 Å². The molecule has 1 aromatic carbocycles. The van der Waals surface area contributed by atoms with Crippen LogP contribution in [-0.4, -0.2) is 30.6 Å². The lowest BCUT2D eigenvalue weighted by Gasteiger charge is -2.39. The highest BCUT2D eigenvalue weighted by Gasteiger charge is 2.33. The van der Waals surface area contributed by atoms with E-state index in [2.05, 4.69) is 18.7 Å². The maximum Gasteiger partial charge on any atom is 0.327 e. The number of rotatable bonds is 4. The predicted octanol–water partition coefficient (Wildman–Crippen LogP) is 3.27. The first-order chi connectivity index (χ1) is 9.63. The molecule has 1 heterocycles. The summed E-state index contributed by atoms with van der Waals surface area (Å²) in [6.07, 6.45) is 1.14. The largest absolute Gasteiger partial charge is 0.465 e. The molecule has 1 aliphatic rings. The quantitative estimate of drug-likeness (QED) is 0.790. The van der Waals surface area contributed by atoms with E-state index in [9.17, 15) is 4.79 Å². The Morgan fingerprint density at radius 3 is 2.60 bits per heavy atom. The van der Waals surface area contributed by atoms with Gasteiger partial charge in [0.05, 0.1) is 6.61 Å². The van der Waals surface area contributed by atoms with Crippen molar-refractivity contribution in [1.82, 2.24) is 4.90 Å². The number of carbonyl (C=O) groups excluding carboxylic acids is 1. The number of likely N-dealkylation sites (tertiary alicyclic amines) is 1. The first kappa shape index (κ1) is 15.0. The van der Waals surface area contributed by atoms with Crippen molar-refractivity contribution in [2.45, 2.75) is 33.2 Å². The van der Waals surface area contributed by atoms with Crippen LogP contribution in [-0.2, 0) is 9.53 Å². The van der Waals surface area contributed by atoms with Gasteiger partial charge < -0.3 is 4.74 Å². The van der Waals surface area contributed by atoms with Gasteiger partial charge in [-0.05, 0) is 37.3 Å². The number of benzene rings is 1. The Morgan fingerprint density at radius 2 is 2.00 bits per heavy atom. The lowest BCUT2D eigenvalue weighted by atomic mass is 9.87. The Hall–Kier alpha value is -1.35. The van der Waals surface area contributed by atoms with Crippen LogP contribution in [0.25, 0.3) is 0 Å². The van der Waals surface area contributed by atoms with Crippen molar-refractivity contribution in [3.05, 3.63) is 35.9 Å². The van der Waals surface area contributed by atoms with E-state index >= 15 is 0 Å². The minimum atomic E-state index is -0.258. The van der Waals surface area contributed by atoms with Crippen molar-refractivity contribution in [1.29, 1.82) is 0 Å². The van der Waals surface area contributed by atoms with Gasteiger partial charge in [0, 0.05) is 6.54 Å². The third kappa shape index (κ3) is 3.40. The molecule has 1 saturated heterocycles. The van der Waals surface area contributed by atoms with Crippen molar-refractivity contribution in [2.75, 3.05) is 19.7 Å². The Balaban J connectivity index is 2.21. The minimum Gasteiger partial charge on any atom is -0.465 e. The highest BCUT2D eigenvalue weighted by Crippen LogP contribution is 2.30. The van der Waals surface area contributed by atoms with E-state index in [1.54, 1.807) is 0 Å². The van der Waals surface area contributed by atoms with Crippen LogP contribution in [0.5, 0.6) is 0 Å². The lowest BCUT2D eigenvalue weighted by molar-refractivity contribution is -0.151. The van der Waals surface area contributed by atoms with E-state index in [0.717, 1.165) is 31.0 Å². The topological polar surface area (TPSA) is 29.5 Å². The molecule has 0 aromatic heterocycles. The third-order valence-corrected chi connectivity index (χ3v) is 4.36. The standard InChI is InChI=1S/C17H25NO2/c1-4-20-17(19)16(15-8-6-5-7-9-15)18-11-10-13(2)14(3)12-18/h5-9,13-14,16H,4,10-12H2,1-3H3. The second-order valence-corrected chi connectivity index (χ2v) is 5.80. The molecule has 1 aromatic rings. The first-order valence-corrected chi connectivity index (χ1v) is 7.59. The van der Waals surface area contributed by atoms with Crippen LogP contribution in [0.3, 0.4) is 0 Å². The molecule has 0 N–H and O–H groups in total. The van der Waals surface area contributed by atoms with Gasteiger partial charge in [0.25, 0.3) is 0 Å². The van der Waals surface area contributed by atoms with Gasteiger partial charge in [0.1, 0.15) is 6.04 Å². The van der Waals surface area contributed by atoms with Gasteiger partial charge in [-0.25, -0.2) is 4.79 Å². The van der Waals surface area contributed by atoms with Crippen LogP contribution in [0, 0.1) is 11.8 Å². The molecule has 3 heteroatoms. The molecule has 0 spiro atoms. The number of esters is 1. The van der Waals surface area contributed by atoms with Crippen LogP contribution in [0.4, 0.5) is 0 Å². The molecule has 0 aliphatic carbocycles. The number of piperidine rings is 1. The monoisotopic (exact) mass is 275 g/mol. The molecular formula is C17H25NO2. The smallest absolute Gasteiger partial charge is 0.327 e. The molecule has 0 amide bonds. The molecule has 110 valence electrons. The summed E-state index contributed by atoms with van der Waals surface area (Å²) >= 11 is 0. The maximum atomic E-state index is 12.4. The summed E-state index contributed by atoms with van der Waals surface area (Å²) in [4.78, 5) is 14.6. The van der Waals surface area contributed by atoms with Crippen molar-refractivity contribution in [3.8, 4) is 0 Å². The lowest BCUT2D eigenvalue weighted by Crippen LogP contribution is -2.43. The zero-order chi connectivity index (χ0) is 14.5. The van der Waals surface area contributed by atoms with Crippen molar-refractivity contribution >= 4 is 5.97 Å². The average molecular weight is 275 g/mol. The second-order valence-electron chi connectivity index (χ2n) is 5.80. The molecule has 2 rings (SSSR count). The Labute approximate surface area is 121 Å². The van der Waals surface area contributed by atoms with Crippen molar-refractivity contribution in [3.63, 3.8) is 0 Å². The van der Waals surface area contributed by atoms with Crippen molar-refractivity contribution < 1.29 is 9.53 Å². The molecule has 0 saturated carbocycles. The molecule has 1 aliphatic heterocycles. The highest BCUT2D eigenvalue weighted by atomic mass is 16.5. The summed E-state index contributed by atoms with van der Waals surface area (Å²) in [5.41, 5.74) is 1.03. The van der Waals surface area contributed by atoms with Crippen molar-refractivity contribution in [2.24, 2.45) is 11.8 Å². The number of carbonyl (C=O) groups is 1. The Bertz CT molecular complexity index is 432. The molecule has 20 heavy (non-hydrogen) atoms. The van der Waals surface area contributed by atoms with E-state index in [4.69, 9.17) is 4.74 Å². The number of nitrogens with zero attached hydrogens (tertiary/aromatic N) is 1. The predicted molar refractivity (Wildman–Crippen MR) is 80.3 cm³/mol. The summed E-state index contributed by atoms with van der Waals surface area (Å²) in [5, 5.41) is 0. The fourth-order valence-electron chi connectivity index (χ4n) is 2.88. The van der Waals surface area contributed by atoms with E-state index in [-0.39, 0.29) is 12.0 Å². The second kappa shape index (κ2) is 6.89. The SMILES string of the molecule is CCOC(=O)C(c1ccccc1)N1CCC(C)C(C)C1. The van der Waals surface area contributed by atoms with Gasteiger partial charge in [-0.3, -0.25) is 4.90 Å². The number of hydrogen-bond donors (Lipinski definition) is 0. The van der Waals surface area contributed by atoms with E-state index in [0.29, 0.717) is 12.5 Å². The average Bonchev–Trinajstić information content (AvgIpc) is 2.44. The Morgan fingerprint density at radius 1 is 1.30 bits per heavy atom. The molecular weight excluding hydrogens is 250 g/mol. The molecule has 0 bridgehead atoms. The molecule has 1 fully saturated rings. The molecule has 3 atom stereocenters.